The second kappa shape index (κ2) is 2.78. The summed E-state index contributed by atoms with van der Waals surface area (Å²) < 4.78 is 0. The van der Waals surface area contributed by atoms with Crippen molar-refractivity contribution in [3.05, 3.63) is 45.1 Å². The standard InChI is InChI=1S/C8H5N3O2/c12-6-3-5(8(6)13)11-7-4-9-1-2-10-7/h1-4H,(H,10,11). The van der Waals surface area contributed by atoms with Crippen LogP contribution in [0.15, 0.2) is 34.2 Å². The predicted octanol–water partition coefficient (Wildman–Crippen LogP) is -0.184. The third-order valence-corrected chi connectivity index (χ3v) is 1.57. The van der Waals surface area contributed by atoms with E-state index in [1.165, 1.54) is 24.7 Å². The molecule has 0 amide bonds. The second-order valence-electron chi connectivity index (χ2n) is 2.47. The molecule has 0 aliphatic heterocycles. The van der Waals surface area contributed by atoms with Gasteiger partial charge in [-0.15, -0.1) is 0 Å². The Hall–Kier alpha value is -2.04. The van der Waals surface area contributed by atoms with Crippen LogP contribution in [-0.2, 0) is 0 Å². The minimum absolute atomic E-state index is 0.269. The maximum Gasteiger partial charge on any atom is 0.249 e. The van der Waals surface area contributed by atoms with Crippen molar-refractivity contribution in [1.29, 1.82) is 0 Å². The van der Waals surface area contributed by atoms with Crippen molar-refractivity contribution in [2.45, 2.75) is 0 Å². The van der Waals surface area contributed by atoms with Crippen molar-refractivity contribution in [2.24, 2.45) is 0 Å². The Bertz CT molecular complexity index is 485. The van der Waals surface area contributed by atoms with Crippen LogP contribution in [0.3, 0.4) is 0 Å². The zero-order valence-electron chi connectivity index (χ0n) is 6.52. The Morgan fingerprint density at radius 1 is 1.23 bits per heavy atom. The fraction of sp³-hybridized carbons (Fsp3) is 0. The summed E-state index contributed by atoms with van der Waals surface area (Å²) >= 11 is 0. The van der Waals surface area contributed by atoms with E-state index in [9.17, 15) is 9.59 Å². The SMILES string of the molecule is O=c1cc(Nc2cnccn2)c1=O. The van der Waals surface area contributed by atoms with E-state index >= 15 is 0 Å². The zero-order valence-corrected chi connectivity index (χ0v) is 6.52. The van der Waals surface area contributed by atoms with Crippen molar-refractivity contribution in [3.8, 4) is 0 Å². The Balaban J connectivity index is 2.23. The molecule has 1 heterocycles. The Morgan fingerprint density at radius 2 is 2.08 bits per heavy atom. The average Bonchev–Trinajstić information content (AvgIpc) is 2.19. The van der Waals surface area contributed by atoms with Crippen molar-refractivity contribution in [3.63, 3.8) is 0 Å². The van der Waals surface area contributed by atoms with Gasteiger partial charge in [-0.1, -0.05) is 0 Å². The summed E-state index contributed by atoms with van der Waals surface area (Å²) in [6, 6.07) is 1.23. The maximum atomic E-state index is 10.8. The van der Waals surface area contributed by atoms with Crippen LogP contribution in [0.25, 0.3) is 0 Å². The number of nitrogens with one attached hydrogen (secondary N) is 1. The van der Waals surface area contributed by atoms with Crippen molar-refractivity contribution in [2.75, 3.05) is 5.32 Å². The fourth-order valence-corrected chi connectivity index (χ4v) is 0.912. The highest BCUT2D eigenvalue weighted by molar-refractivity contribution is 5.57. The van der Waals surface area contributed by atoms with Gasteiger partial charge in [0.1, 0.15) is 5.82 Å². The topological polar surface area (TPSA) is 72.0 Å². The molecule has 64 valence electrons. The number of anilines is 2. The normalized spacial score (nSPS) is 10.2. The first-order valence-electron chi connectivity index (χ1n) is 3.61. The molecule has 1 N–H and O–H groups in total. The van der Waals surface area contributed by atoms with Crippen molar-refractivity contribution >= 4 is 11.5 Å². The van der Waals surface area contributed by atoms with Gasteiger partial charge in [0.2, 0.25) is 10.9 Å². The van der Waals surface area contributed by atoms with E-state index in [-0.39, 0.29) is 5.69 Å². The summed E-state index contributed by atoms with van der Waals surface area (Å²) in [4.78, 5) is 29.0. The van der Waals surface area contributed by atoms with Gasteiger partial charge < -0.3 is 5.32 Å². The molecule has 0 fully saturated rings. The van der Waals surface area contributed by atoms with E-state index in [0.717, 1.165) is 0 Å². The van der Waals surface area contributed by atoms with Gasteiger partial charge in [-0.25, -0.2) is 4.98 Å². The van der Waals surface area contributed by atoms with Crippen LogP contribution in [0.4, 0.5) is 11.5 Å². The van der Waals surface area contributed by atoms with Crippen LogP contribution < -0.4 is 16.2 Å². The van der Waals surface area contributed by atoms with Gasteiger partial charge in [0.25, 0.3) is 0 Å². The fourth-order valence-electron chi connectivity index (χ4n) is 0.912. The Morgan fingerprint density at radius 3 is 2.62 bits per heavy atom. The van der Waals surface area contributed by atoms with Gasteiger partial charge in [0.05, 0.1) is 11.9 Å². The number of nitrogens with zero attached hydrogens (tertiary/aromatic N) is 2. The third-order valence-electron chi connectivity index (χ3n) is 1.57. The van der Waals surface area contributed by atoms with Crippen molar-refractivity contribution in [1.82, 2.24) is 9.97 Å². The van der Waals surface area contributed by atoms with E-state index in [1.807, 2.05) is 0 Å². The lowest BCUT2D eigenvalue weighted by molar-refractivity contribution is 1.19. The molecule has 0 saturated heterocycles. The smallest absolute Gasteiger partial charge is 0.249 e. The van der Waals surface area contributed by atoms with E-state index in [2.05, 4.69) is 15.3 Å². The summed E-state index contributed by atoms with van der Waals surface area (Å²) in [5.41, 5.74) is -0.720. The second-order valence-corrected chi connectivity index (χ2v) is 2.47. The number of hydrogen-bond acceptors (Lipinski definition) is 5. The molecule has 2 aromatic rings. The van der Waals surface area contributed by atoms with Crippen LogP contribution in [0, 0.1) is 0 Å². The van der Waals surface area contributed by atoms with Crippen molar-refractivity contribution < 1.29 is 0 Å². The summed E-state index contributed by atoms with van der Waals surface area (Å²) in [5.74, 6) is 0.453. The van der Waals surface area contributed by atoms with Crippen LogP contribution in [0.2, 0.25) is 0 Å². The number of rotatable bonds is 2. The predicted molar refractivity (Wildman–Crippen MR) is 46.7 cm³/mol. The highest BCUT2D eigenvalue weighted by Gasteiger charge is 2.08. The summed E-state index contributed by atoms with van der Waals surface area (Å²) in [5, 5.41) is 2.68. The minimum Gasteiger partial charge on any atom is -0.336 e. The van der Waals surface area contributed by atoms with Crippen LogP contribution in [0.5, 0.6) is 0 Å². The van der Waals surface area contributed by atoms with Gasteiger partial charge in [-0.05, 0) is 0 Å². The van der Waals surface area contributed by atoms with Gasteiger partial charge in [0, 0.05) is 18.5 Å². The lowest BCUT2D eigenvalue weighted by Gasteiger charge is -2.03. The molecule has 5 nitrogen and oxygen atoms in total. The molecule has 0 atom stereocenters. The van der Waals surface area contributed by atoms with Crippen LogP contribution in [-0.4, -0.2) is 9.97 Å². The molecule has 0 saturated carbocycles. The zero-order chi connectivity index (χ0) is 9.26. The Kier molecular flexibility index (Phi) is 1.63. The first kappa shape index (κ1) is 7.60. The van der Waals surface area contributed by atoms with Crippen LogP contribution in [0.1, 0.15) is 0 Å². The maximum absolute atomic E-state index is 10.8. The molecule has 1 aromatic carbocycles. The van der Waals surface area contributed by atoms with Crippen LogP contribution >= 0.6 is 0 Å². The largest absolute Gasteiger partial charge is 0.336 e. The molecule has 0 unspecified atom stereocenters. The van der Waals surface area contributed by atoms with E-state index in [1.54, 1.807) is 0 Å². The highest BCUT2D eigenvalue weighted by Crippen LogP contribution is 2.05. The molecule has 2 rings (SSSR count). The average molecular weight is 175 g/mol. The monoisotopic (exact) mass is 175 g/mol. The quantitative estimate of drug-likeness (QED) is 0.641. The molecular weight excluding hydrogens is 170 g/mol. The molecule has 0 spiro atoms. The Labute approximate surface area is 72.8 Å². The highest BCUT2D eigenvalue weighted by atomic mass is 16.2. The molecule has 0 aliphatic rings. The molecule has 0 radical (unpaired) electrons. The molecule has 1 aromatic heterocycles. The van der Waals surface area contributed by atoms with Gasteiger partial charge in [-0.3, -0.25) is 14.6 Å². The molecular formula is C8H5N3O2. The van der Waals surface area contributed by atoms with E-state index in [4.69, 9.17) is 0 Å². The molecule has 5 heteroatoms. The first-order valence-corrected chi connectivity index (χ1v) is 3.61. The molecule has 0 bridgehead atoms. The van der Waals surface area contributed by atoms with Gasteiger partial charge in [-0.2, -0.15) is 0 Å². The minimum atomic E-state index is -0.509. The van der Waals surface area contributed by atoms with Gasteiger partial charge >= 0.3 is 0 Å². The first-order chi connectivity index (χ1) is 6.27. The summed E-state index contributed by atoms with van der Waals surface area (Å²) in [6.45, 7) is 0. The lowest BCUT2D eigenvalue weighted by Crippen LogP contribution is -2.31. The number of hydrogen-bond donors (Lipinski definition) is 1. The summed E-state index contributed by atoms with van der Waals surface area (Å²) in [7, 11) is 0. The van der Waals surface area contributed by atoms with E-state index < -0.39 is 10.9 Å². The molecule has 0 aliphatic carbocycles. The summed E-state index contributed by atoms with van der Waals surface area (Å²) in [6.07, 6.45) is 4.48. The number of aromatic nitrogens is 2. The molecule has 13 heavy (non-hydrogen) atoms. The lowest BCUT2D eigenvalue weighted by atomic mass is 10.2. The van der Waals surface area contributed by atoms with E-state index in [0.29, 0.717) is 5.82 Å². The third kappa shape index (κ3) is 1.31. The van der Waals surface area contributed by atoms with Gasteiger partial charge in [0.15, 0.2) is 0 Å².